The molecule has 0 aromatic rings. The normalized spacial score (nSPS) is 28.8. The summed E-state index contributed by atoms with van der Waals surface area (Å²) in [5, 5.41) is 10.1. The number of hydrogen-bond donors (Lipinski definition) is 1. The molecule has 13 heavy (non-hydrogen) atoms. The molecule has 0 radical (unpaired) electrons. The molecule has 0 unspecified atom stereocenters. The van der Waals surface area contributed by atoms with Crippen LogP contribution in [0.1, 0.15) is 6.92 Å². The average molecular weight is 200 g/mol. The molecule has 0 saturated carbocycles. The Balaban J connectivity index is 3.05. The van der Waals surface area contributed by atoms with E-state index in [0.29, 0.717) is 6.61 Å². The lowest BCUT2D eigenvalue weighted by Crippen LogP contribution is -2.45. The average Bonchev–Trinajstić information content (AvgIpc) is 2.31. The Morgan fingerprint density at radius 3 is 2.46 bits per heavy atom. The Hall–Kier alpha value is -0.613. The van der Waals surface area contributed by atoms with E-state index in [1.165, 1.54) is 0 Å². The van der Waals surface area contributed by atoms with E-state index in [2.05, 4.69) is 19.6 Å². The van der Waals surface area contributed by atoms with Gasteiger partial charge in [0.25, 0.3) is 0 Å². The van der Waals surface area contributed by atoms with Crippen LogP contribution in [0.15, 0.2) is 11.3 Å². The highest BCUT2D eigenvalue weighted by Gasteiger charge is 2.46. The number of rotatable bonds is 2. The SMILES string of the molecule is C[C@]1(C(=O)O)OCC=C1[Si](C)(C)C. The minimum atomic E-state index is -1.57. The Morgan fingerprint density at radius 1 is 1.62 bits per heavy atom. The number of hydrogen-bond acceptors (Lipinski definition) is 2. The molecule has 0 saturated heterocycles. The molecule has 1 rings (SSSR count). The van der Waals surface area contributed by atoms with Gasteiger partial charge in [-0.1, -0.05) is 25.7 Å². The fraction of sp³-hybridized carbons (Fsp3) is 0.667. The van der Waals surface area contributed by atoms with Crippen molar-refractivity contribution in [3.8, 4) is 0 Å². The topological polar surface area (TPSA) is 46.5 Å². The van der Waals surface area contributed by atoms with Crippen LogP contribution in [0, 0.1) is 0 Å². The van der Waals surface area contributed by atoms with E-state index in [1.54, 1.807) is 6.92 Å². The van der Waals surface area contributed by atoms with E-state index in [0.717, 1.165) is 5.20 Å². The van der Waals surface area contributed by atoms with Crippen LogP contribution in [-0.2, 0) is 9.53 Å². The first-order valence-electron chi connectivity index (χ1n) is 4.37. The number of aliphatic carboxylic acids is 1. The largest absolute Gasteiger partial charge is 0.479 e. The van der Waals surface area contributed by atoms with Crippen molar-refractivity contribution in [3.63, 3.8) is 0 Å². The molecule has 0 aromatic carbocycles. The van der Waals surface area contributed by atoms with Crippen molar-refractivity contribution in [2.24, 2.45) is 0 Å². The van der Waals surface area contributed by atoms with Gasteiger partial charge in [0.15, 0.2) is 5.60 Å². The summed E-state index contributed by atoms with van der Waals surface area (Å²) in [6.45, 7) is 8.48. The van der Waals surface area contributed by atoms with E-state index < -0.39 is 19.6 Å². The van der Waals surface area contributed by atoms with E-state index in [9.17, 15) is 4.79 Å². The molecule has 0 aromatic heterocycles. The third-order valence-corrected chi connectivity index (χ3v) is 4.69. The highest BCUT2D eigenvalue weighted by atomic mass is 28.3. The third-order valence-electron chi connectivity index (χ3n) is 2.39. The zero-order valence-corrected chi connectivity index (χ0v) is 9.55. The van der Waals surface area contributed by atoms with Crippen molar-refractivity contribution in [2.75, 3.05) is 6.61 Å². The molecule has 74 valence electrons. The number of carboxylic acid groups (broad SMARTS) is 1. The van der Waals surface area contributed by atoms with Crippen LogP contribution in [0.5, 0.6) is 0 Å². The molecule has 3 nitrogen and oxygen atoms in total. The maximum absolute atomic E-state index is 11.0. The summed E-state index contributed by atoms with van der Waals surface area (Å²) in [5.74, 6) is -0.876. The van der Waals surface area contributed by atoms with Gasteiger partial charge in [-0.3, -0.25) is 0 Å². The van der Waals surface area contributed by atoms with Crippen molar-refractivity contribution in [2.45, 2.75) is 32.2 Å². The van der Waals surface area contributed by atoms with Crippen LogP contribution in [0.3, 0.4) is 0 Å². The second kappa shape index (κ2) is 2.96. The Bertz CT molecular complexity index is 265. The van der Waals surface area contributed by atoms with Crippen molar-refractivity contribution in [1.82, 2.24) is 0 Å². The van der Waals surface area contributed by atoms with Crippen molar-refractivity contribution < 1.29 is 14.6 Å². The Kier molecular flexibility index (Phi) is 2.38. The van der Waals surface area contributed by atoms with Gasteiger partial charge in [0.2, 0.25) is 0 Å². The second-order valence-electron chi connectivity index (χ2n) is 4.52. The van der Waals surface area contributed by atoms with Crippen molar-refractivity contribution in [3.05, 3.63) is 11.3 Å². The summed E-state index contributed by atoms with van der Waals surface area (Å²) in [7, 11) is -1.57. The van der Waals surface area contributed by atoms with Crippen LogP contribution >= 0.6 is 0 Å². The first kappa shape index (κ1) is 10.5. The Morgan fingerprint density at radius 2 is 2.15 bits per heavy atom. The molecule has 1 heterocycles. The molecule has 0 bridgehead atoms. The maximum atomic E-state index is 11.0. The number of carbonyl (C=O) groups is 1. The quantitative estimate of drug-likeness (QED) is 0.690. The van der Waals surface area contributed by atoms with Gasteiger partial charge in [0, 0.05) is 0 Å². The standard InChI is InChI=1S/C9H16O3Si/c1-9(8(10)11)7(5-6-12-9)13(2,3)4/h5H,6H2,1-4H3,(H,10,11)/t9-/m0/s1. The van der Waals surface area contributed by atoms with Crippen LogP contribution in [0.25, 0.3) is 0 Å². The lowest BCUT2D eigenvalue weighted by atomic mass is 10.1. The van der Waals surface area contributed by atoms with Gasteiger partial charge in [0.1, 0.15) is 0 Å². The van der Waals surface area contributed by atoms with E-state index in [-0.39, 0.29) is 0 Å². The summed E-state index contributed by atoms with van der Waals surface area (Å²) in [6, 6.07) is 0. The second-order valence-corrected chi connectivity index (χ2v) is 9.56. The molecule has 0 spiro atoms. The van der Waals surface area contributed by atoms with Crippen molar-refractivity contribution >= 4 is 14.0 Å². The van der Waals surface area contributed by atoms with Gasteiger partial charge < -0.3 is 9.84 Å². The lowest BCUT2D eigenvalue weighted by molar-refractivity contribution is -0.155. The molecule has 0 fully saturated rings. The fourth-order valence-corrected chi connectivity index (χ4v) is 4.07. The van der Waals surface area contributed by atoms with Crippen LogP contribution in [0.2, 0.25) is 19.6 Å². The first-order chi connectivity index (χ1) is 5.78. The molecular weight excluding hydrogens is 184 g/mol. The van der Waals surface area contributed by atoms with Gasteiger partial charge in [-0.15, -0.1) is 0 Å². The molecule has 1 N–H and O–H groups in total. The summed E-state index contributed by atoms with van der Waals surface area (Å²) >= 11 is 0. The number of ether oxygens (including phenoxy) is 1. The van der Waals surface area contributed by atoms with E-state index >= 15 is 0 Å². The molecular formula is C9H16O3Si. The van der Waals surface area contributed by atoms with E-state index in [1.807, 2.05) is 6.08 Å². The van der Waals surface area contributed by atoms with Crippen molar-refractivity contribution in [1.29, 1.82) is 0 Å². The zero-order valence-electron chi connectivity index (χ0n) is 8.55. The third kappa shape index (κ3) is 1.69. The zero-order chi connectivity index (χ0) is 10.3. The van der Waals surface area contributed by atoms with Gasteiger partial charge in [-0.25, -0.2) is 4.79 Å². The Labute approximate surface area is 79.4 Å². The minimum Gasteiger partial charge on any atom is -0.479 e. The van der Waals surface area contributed by atoms with Gasteiger partial charge >= 0.3 is 5.97 Å². The molecule has 1 atom stereocenters. The van der Waals surface area contributed by atoms with Gasteiger partial charge in [0.05, 0.1) is 14.7 Å². The predicted octanol–water partition coefficient (Wildman–Crippen LogP) is 1.66. The molecule has 1 aliphatic rings. The molecule has 4 heteroatoms. The summed E-state index contributed by atoms with van der Waals surface area (Å²) in [5.41, 5.74) is -1.07. The fourth-order valence-electron chi connectivity index (χ4n) is 1.76. The summed E-state index contributed by atoms with van der Waals surface area (Å²) in [4.78, 5) is 11.0. The number of carboxylic acids is 1. The summed E-state index contributed by atoms with van der Waals surface area (Å²) in [6.07, 6.45) is 1.93. The van der Waals surface area contributed by atoms with Crippen LogP contribution in [-0.4, -0.2) is 31.4 Å². The van der Waals surface area contributed by atoms with Crippen LogP contribution in [0.4, 0.5) is 0 Å². The molecule has 0 aliphatic carbocycles. The van der Waals surface area contributed by atoms with E-state index in [4.69, 9.17) is 9.84 Å². The molecule has 1 aliphatic heterocycles. The smallest absolute Gasteiger partial charge is 0.339 e. The summed E-state index contributed by atoms with van der Waals surface area (Å²) < 4.78 is 5.28. The maximum Gasteiger partial charge on any atom is 0.339 e. The lowest BCUT2D eigenvalue weighted by Gasteiger charge is -2.30. The molecule has 0 amide bonds. The predicted molar refractivity (Wildman–Crippen MR) is 53.4 cm³/mol. The van der Waals surface area contributed by atoms with Gasteiger partial charge in [-0.05, 0) is 12.1 Å². The first-order valence-corrected chi connectivity index (χ1v) is 7.87. The monoisotopic (exact) mass is 200 g/mol. The van der Waals surface area contributed by atoms with Crippen LogP contribution < -0.4 is 0 Å². The highest BCUT2D eigenvalue weighted by molar-refractivity contribution is 6.83. The highest BCUT2D eigenvalue weighted by Crippen LogP contribution is 2.34. The van der Waals surface area contributed by atoms with Gasteiger partial charge in [-0.2, -0.15) is 0 Å². The minimum absolute atomic E-state index is 0.433.